The molecular formula is C21H18F2N2O5S. The van der Waals surface area contributed by atoms with Gasteiger partial charge < -0.3 is 9.30 Å². The first-order chi connectivity index (χ1) is 14.5. The maximum Gasteiger partial charge on any atom is 0.338 e. The highest BCUT2D eigenvalue weighted by Crippen LogP contribution is 2.22. The van der Waals surface area contributed by atoms with Gasteiger partial charge in [-0.25, -0.2) is 27.1 Å². The van der Waals surface area contributed by atoms with Gasteiger partial charge in [-0.1, -0.05) is 0 Å². The molecular weight excluding hydrogens is 430 g/mol. The second-order valence-electron chi connectivity index (χ2n) is 6.82. The van der Waals surface area contributed by atoms with Crippen molar-refractivity contribution in [3.8, 4) is 5.69 Å². The van der Waals surface area contributed by atoms with Crippen LogP contribution in [0.15, 0.2) is 53.4 Å². The monoisotopic (exact) mass is 448 g/mol. The quantitative estimate of drug-likeness (QED) is 0.461. The Morgan fingerprint density at radius 2 is 1.58 bits per heavy atom. The Bertz CT molecular complexity index is 1260. The van der Waals surface area contributed by atoms with Gasteiger partial charge in [0.1, 0.15) is 11.6 Å². The van der Waals surface area contributed by atoms with Gasteiger partial charge in [0.15, 0.2) is 6.61 Å². The minimum Gasteiger partial charge on any atom is -0.454 e. The Hall–Kier alpha value is -3.37. The van der Waals surface area contributed by atoms with Gasteiger partial charge in [0.2, 0.25) is 15.8 Å². The van der Waals surface area contributed by atoms with Crippen LogP contribution < -0.4 is 5.14 Å². The number of Topliss-reactive ketones (excluding diaryl/α,β-unsaturated/α-hetero) is 1. The topological polar surface area (TPSA) is 108 Å². The van der Waals surface area contributed by atoms with Crippen molar-refractivity contribution in [3.63, 3.8) is 0 Å². The van der Waals surface area contributed by atoms with Crippen molar-refractivity contribution < 1.29 is 31.5 Å². The Balaban J connectivity index is 1.79. The van der Waals surface area contributed by atoms with Crippen LogP contribution in [-0.4, -0.2) is 31.3 Å². The lowest BCUT2D eigenvalue weighted by Gasteiger charge is -2.11. The zero-order valence-electron chi connectivity index (χ0n) is 16.6. The second kappa shape index (κ2) is 8.40. The van der Waals surface area contributed by atoms with Crippen LogP contribution >= 0.6 is 0 Å². The molecule has 10 heteroatoms. The largest absolute Gasteiger partial charge is 0.454 e. The van der Waals surface area contributed by atoms with Gasteiger partial charge in [0.25, 0.3) is 0 Å². The molecule has 0 atom stereocenters. The first kappa shape index (κ1) is 22.3. The number of aryl methyl sites for hydroxylation is 1. The van der Waals surface area contributed by atoms with Gasteiger partial charge in [-0.3, -0.25) is 4.79 Å². The summed E-state index contributed by atoms with van der Waals surface area (Å²) in [6, 6.07) is 9.64. The van der Waals surface area contributed by atoms with Gasteiger partial charge in [-0.15, -0.1) is 0 Å². The standard InChI is InChI=1S/C21H18F2N2O5S/c1-12-7-19(13(2)25(12)17-3-5-18(6-4-17)31(24,28)29)20(26)11-30-21(27)14-8-15(22)10-16(23)9-14/h3-10H,11H2,1-2H3,(H2,24,28,29). The van der Waals surface area contributed by atoms with Gasteiger partial charge in [-0.05, 0) is 56.3 Å². The third-order valence-corrected chi connectivity index (χ3v) is 5.52. The number of benzene rings is 2. The molecule has 0 fully saturated rings. The molecule has 1 heterocycles. The predicted molar refractivity (Wildman–Crippen MR) is 108 cm³/mol. The number of esters is 1. The molecule has 0 aliphatic heterocycles. The molecule has 2 aromatic carbocycles. The highest BCUT2D eigenvalue weighted by atomic mass is 32.2. The van der Waals surface area contributed by atoms with E-state index in [1.807, 2.05) is 0 Å². The molecule has 0 saturated carbocycles. The SMILES string of the molecule is Cc1cc(C(=O)COC(=O)c2cc(F)cc(F)c2)c(C)n1-c1ccc(S(N)(=O)=O)cc1. The number of hydrogen-bond donors (Lipinski definition) is 1. The fourth-order valence-corrected chi connectivity index (χ4v) is 3.71. The fraction of sp³-hybridized carbons (Fsp3) is 0.143. The molecule has 0 bridgehead atoms. The summed E-state index contributed by atoms with van der Waals surface area (Å²) in [5.41, 5.74) is 1.77. The van der Waals surface area contributed by atoms with Crippen molar-refractivity contribution in [2.24, 2.45) is 5.14 Å². The van der Waals surface area contributed by atoms with E-state index < -0.39 is 40.0 Å². The lowest BCUT2D eigenvalue weighted by Crippen LogP contribution is -2.15. The minimum atomic E-state index is -3.83. The number of ketones is 1. The number of sulfonamides is 1. The van der Waals surface area contributed by atoms with E-state index in [1.54, 1.807) is 36.6 Å². The van der Waals surface area contributed by atoms with E-state index >= 15 is 0 Å². The van der Waals surface area contributed by atoms with Crippen LogP contribution in [-0.2, 0) is 14.8 Å². The number of nitrogens with zero attached hydrogens (tertiary/aromatic N) is 1. The molecule has 0 saturated heterocycles. The van der Waals surface area contributed by atoms with Crippen molar-refractivity contribution in [2.75, 3.05) is 6.61 Å². The highest BCUT2D eigenvalue weighted by Gasteiger charge is 2.19. The van der Waals surface area contributed by atoms with E-state index in [1.165, 1.54) is 12.1 Å². The molecule has 7 nitrogen and oxygen atoms in total. The second-order valence-corrected chi connectivity index (χ2v) is 8.38. The summed E-state index contributed by atoms with van der Waals surface area (Å²) in [5, 5.41) is 5.10. The summed E-state index contributed by atoms with van der Waals surface area (Å²) >= 11 is 0. The molecule has 0 aliphatic rings. The molecule has 0 unspecified atom stereocenters. The van der Waals surface area contributed by atoms with Crippen LogP contribution in [0.3, 0.4) is 0 Å². The normalized spacial score (nSPS) is 11.4. The van der Waals surface area contributed by atoms with E-state index in [2.05, 4.69) is 0 Å². The van der Waals surface area contributed by atoms with Gasteiger partial charge in [-0.2, -0.15) is 0 Å². The van der Waals surface area contributed by atoms with Crippen molar-refractivity contribution in [3.05, 3.63) is 82.7 Å². The van der Waals surface area contributed by atoms with Gasteiger partial charge in [0, 0.05) is 28.7 Å². The van der Waals surface area contributed by atoms with Gasteiger partial charge in [0.05, 0.1) is 10.5 Å². The molecule has 3 rings (SSSR count). The number of carbonyl (C=O) groups is 2. The minimum absolute atomic E-state index is 0.0456. The molecule has 2 N–H and O–H groups in total. The Morgan fingerprint density at radius 1 is 1.00 bits per heavy atom. The number of hydrogen-bond acceptors (Lipinski definition) is 5. The van der Waals surface area contributed by atoms with Gasteiger partial charge >= 0.3 is 5.97 Å². The summed E-state index contributed by atoms with van der Waals surface area (Å²) in [6.07, 6.45) is 0. The Labute approximate surface area is 177 Å². The van der Waals surface area contributed by atoms with Crippen molar-refractivity contribution in [1.82, 2.24) is 4.57 Å². The third-order valence-electron chi connectivity index (χ3n) is 4.59. The van der Waals surface area contributed by atoms with Crippen molar-refractivity contribution >= 4 is 21.8 Å². The van der Waals surface area contributed by atoms with Crippen LogP contribution in [0.2, 0.25) is 0 Å². The van der Waals surface area contributed by atoms with Crippen molar-refractivity contribution in [2.45, 2.75) is 18.7 Å². The number of nitrogens with two attached hydrogens (primary N) is 1. The summed E-state index contributed by atoms with van der Waals surface area (Å²) in [4.78, 5) is 24.5. The van der Waals surface area contributed by atoms with E-state index in [4.69, 9.17) is 9.88 Å². The highest BCUT2D eigenvalue weighted by molar-refractivity contribution is 7.89. The lowest BCUT2D eigenvalue weighted by atomic mass is 10.1. The summed E-state index contributed by atoms with van der Waals surface area (Å²) < 4.78 is 56.0. The maximum atomic E-state index is 13.2. The Kier molecular flexibility index (Phi) is 6.05. The van der Waals surface area contributed by atoms with E-state index in [9.17, 15) is 26.8 Å². The first-order valence-electron chi connectivity index (χ1n) is 8.96. The predicted octanol–water partition coefficient (Wildman–Crippen LogP) is 3.06. The lowest BCUT2D eigenvalue weighted by molar-refractivity contribution is 0.0473. The van der Waals surface area contributed by atoms with Crippen LogP contribution in [0.25, 0.3) is 5.69 Å². The zero-order chi connectivity index (χ0) is 22.9. The maximum absolute atomic E-state index is 13.2. The Morgan fingerprint density at radius 3 is 2.13 bits per heavy atom. The summed E-state index contributed by atoms with van der Waals surface area (Å²) in [6.45, 7) is 2.81. The first-order valence-corrected chi connectivity index (χ1v) is 10.5. The molecule has 31 heavy (non-hydrogen) atoms. The van der Waals surface area contributed by atoms with Crippen LogP contribution in [0.5, 0.6) is 0 Å². The van der Waals surface area contributed by atoms with Crippen LogP contribution in [0, 0.1) is 25.5 Å². The average molecular weight is 448 g/mol. The number of ether oxygens (including phenoxy) is 1. The number of aromatic nitrogens is 1. The molecule has 1 aromatic heterocycles. The fourth-order valence-electron chi connectivity index (χ4n) is 3.19. The molecule has 0 aliphatic carbocycles. The number of halogens is 2. The van der Waals surface area contributed by atoms with Crippen LogP contribution in [0.1, 0.15) is 32.1 Å². The van der Waals surface area contributed by atoms with E-state index in [0.29, 0.717) is 23.1 Å². The third kappa shape index (κ3) is 4.86. The van der Waals surface area contributed by atoms with E-state index in [0.717, 1.165) is 12.1 Å². The summed E-state index contributed by atoms with van der Waals surface area (Å²) in [5.74, 6) is -3.41. The number of rotatable bonds is 6. The van der Waals surface area contributed by atoms with E-state index in [-0.39, 0.29) is 16.0 Å². The smallest absolute Gasteiger partial charge is 0.338 e. The van der Waals surface area contributed by atoms with Crippen molar-refractivity contribution in [1.29, 1.82) is 0 Å². The summed E-state index contributed by atoms with van der Waals surface area (Å²) in [7, 11) is -3.83. The molecule has 3 aromatic rings. The average Bonchev–Trinajstić information content (AvgIpc) is 2.98. The molecule has 0 amide bonds. The van der Waals surface area contributed by atoms with Crippen LogP contribution in [0.4, 0.5) is 8.78 Å². The molecule has 162 valence electrons. The molecule has 0 radical (unpaired) electrons. The zero-order valence-corrected chi connectivity index (χ0v) is 17.4. The number of carbonyl (C=O) groups excluding carboxylic acids is 2. The molecule has 0 spiro atoms. The number of primary sulfonamides is 1.